The van der Waals surface area contributed by atoms with Crippen molar-refractivity contribution in [3.8, 4) is 0 Å². The molecule has 0 radical (unpaired) electrons. The Kier molecular flexibility index (Phi) is 5.23. The minimum Gasteiger partial charge on any atom is -0.481 e. The number of aliphatic carboxylic acids is 1. The Morgan fingerprint density at radius 3 is 2.69 bits per heavy atom. The van der Waals surface area contributed by atoms with Crippen LogP contribution < -0.4 is 10.2 Å². The topological polar surface area (TPSA) is 108 Å². The molecule has 9 nitrogen and oxygen atoms in total. The molecule has 0 spiro atoms. The van der Waals surface area contributed by atoms with Gasteiger partial charge in [0.1, 0.15) is 0 Å². The molecule has 0 unspecified atom stereocenters. The molecule has 9 heteroatoms. The number of carbonyl (C=O) groups excluding carboxylic acids is 2. The molecular formula is C20H25N5O4. The molecule has 154 valence electrons. The molecule has 0 saturated carbocycles. The number of carboxylic acid groups (broad SMARTS) is 1. The number of piperidine rings is 1. The maximum Gasteiger partial charge on any atom is 0.329 e. The lowest BCUT2D eigenvalue weighted by Gasteiger charge is -2.31. The number of fused-ring (bicyclic) bond motifs is 1. The van der Waals surface area contributed by atoms with E-state index in [9.17, 15) is 14.4 Å². The van der Waals surface area contributed by atoms with E-state index >= 15 is 0 Å². The first kappa shape index (κ1) is 19.4. The number of urea groups is 1. The normalized spacial score (nSPS) is 19.0. The van der Waals surface area contributed by atoms with Crippen LogP contribution in [0.2, 0.25) is 0 Å². The third-order valence-electron chi connectivity index (χ3n) is 5.87. The van der Waals surface area contributed by atoms with E-state index in [0.29, 0.717) is 24.8 Å². The number of carboxylic acids is 1. The molecule has 2 saturated heterocycles. The molecule has 0 atom stereocenters. The second-order valence-electron chi connectivity index (χ2n) is 7.74. The predicted octanol–water partition coefficient (Wildman–Crippen LogP) is 1.67. The van der Waals surface area contributed by atoms with Gasteiger partial charge in [0, 0.05) is 31.9 Å². The monoisotopic (exact) mass is 399 g/mol. The zero-order valence-electron chi connectivity index (χ0n) is 16.4. The van der Waals surface area contributed by atoms with Crippen LogP contribution in [0.1, 0.15) is 37.2 Å². The highest BCUT2D eigenvalue weighted by atomic mass is 16.4. The third kappa shape index (κ3) is 3.95. The van der Waals surface area contributed by atoms with Gasteiger partial charge in [0.25, 0.3) is 0 Å². The first-order chi connectivity index (χ1) is 13.9. The summed E-state index contributed by atoms with van der Waals surface area (Å²) < 4.78 is 1.78. The number of aromatic nitrogens is 2. The molecule has 2 fully saturated rings. The Labute approximate surface area is 168 Å². The Morgan fingerprint density at radius 2 is 2.00 bits per heavy atom. The van der Waals surface area contributed by atoms with Crippen LogP contribution in [0.4, 0.5) is 10.6 Å². The second-order valence-corrected chi connectivity index (χ2v) is 7.74. The van der Waals surface area contributed by atoms with Gasteiger partial charge in [-0.25, -0.2) is 4.79 Å². The van der Waals surface area contributed by atoms with E-state index in [4.69, 9.17) is 5.11 Å². The summed E-state index contributed by atoms with van der Waals surface area (Å²) in [6, 6.07) is 5.81. The van der Waals surface area contributed by atoms with Gasteiger partial charge in [-0.2, -0.15) is 5.10 Å². The molecule has 3 heterocycles. The average Bonchev–Trinajstić information content (AvgIpc) is 3.02. The molecule has 0 aliphatic carbocycles. The number of nitrogens with zero attached hydrogens (tertiary/aromatic N) is 4. The fourth-order valence-electron chi connectivity index (χ4n) is 4.22. The lowest BCUT2D eigenvalue weighted by atomic mass is 9.89. The largest absolute Gasteiger partial charge is 0.481 e. The average molecular weight is 399 g/mol. The quantitative estimate of drug-likeness (QED) is 0.792. The molecule has 2 aliphatic rings. The maximum absolute atomic E-state index is 12.2. The SMILES string of the molecule is Cn1nc(N2CCC(=O)NC2=O)c2ccc(C3CCN(CCC(=O)O)CC3)cc21. The minimum atomic E-state index is -0.753. The van der Waals surface area contributed by atoms with Crippen LogP contribution in [0.3, 0.4) is 0 Å². The van der Waals surface area contributed by atoms with Gasteiger partial charge in [-0.3, -0.25) is 24.5 Å². The van der Waals surface area contributed by atoms with Crippen molar-refractivity contribution in [3.05, 3.63) is 23.8 Å². The van der Waals surface area contributed by atoms with Gasteiger partial charge >= 0.3 is 12.0 Å². The molecule has 3 amide bonds. The molecule has 2 aromatic rings. The van der Waals surface area contributed by atoms with Crippen molar-refractivity contribution < 1.29 is 19.5 Å². The summed E-state index contributed by atoms with van der Waals surface area (Å²) in [4.78, 5) is 38.1. The zero-order chi connectivity index (χ0) is 20.5. The van der Waals surface area contributed by atoms with Gasteiger partial charge in [0.15, 0.2) is 5.82 Å². The highest BCUT2D eigenvalue weighted by Crippen LogP contribution is 2.33. The van der Waals surface area contributed by atoms with Gasteiger partial charge in [0.2, 0.25) is 5.91 Å². The summed E-state index contributed by atoms with van der Waals surface area (Å²) in [6.45, 7) is 2.73. The molecule has 2 aliphatic heterocycles. The summed E-state index contributed by atoms with van der Waals surface area (Å²) in [6.07, 6.45) is 2.44. The van der Waals surface area contributed by atoms with Gasteiger partial charge in [-0.15, -0.1) is 0 Å². The molecule has 1 aromatic carbocycles. The Hall–Kier alpha value is -2.94. The molecule has 1 aromatic heterocycles. The fraction of sp³-hybridized carbons (Fsp3) is 0.500. The van der Waals surface area contributed by atoms with Gasteiger partial charge in [-0.1, -0.05) is 6.07 Å². The highest BCUT2D eigenvalue weighted by Gasteiger charge is 2.28. The second kappa shape index (κ2) is 7.82. The summed E-state index contributed by atoms with van der Waals surface area (Å²) in [7, 11) is 1.86. The number of hydrogen-bond donors (Lipinski definition) is 2. The summed E-state index contributed by atoms with van der Waals surface area (Å²) in [5, 5.41) is 16.6. The first-order valence-corrected chi connectivity index (χ1v) is 9.94. The van der Waals surface area contributed by atoms with Crippen molar-refractivity contribution in [1.29, 1.82) is 0 Å². The van der Waals surface area contributed by atoms with E-state index in [2.05, 4.69) is 27.4 Å². The van der Waals surface area contributed by atoms with Crippen molar-refractivity contribution >= 4 is 34.6 Å². The van der Waals surface area contributed by atoms with Gasteiger partial charge in [-0.05, 0) is 49.5 Å². The van der Waals surface area contributed by atoms with E-state index in [-0.39, 0.29) is 18.7 Å². The highest BCUT2D eigenvalue weighted by molar-refractivity contribution is 6.08. The zero-order valence-corrected chi connectivity index (χ0v) is 16.4. The van der Waals surface area contributed by atoms with E-state index < -0.39 is 12.0 Å². The fourth-order valence-corrected chi connectivity index (χ4v) is 4.22. The van der Waals surface area contributed by atoms with Gasteiger partial charge in [0.05, 0.1) is 11.9 Å². The number of carbonyl (C=O) groups is 3. The number of hydrogen-bond acceptors (Lipinski definition) is 5. The first-order valence-electron chi connectivity index (χ1n) is 9.94. The predicted molar refractivity (Wildman–Crippen MR) is 107 cm³/mol. The summed E-state index contributed by atoms with van der Waals surface area (Å²) in [5.74, 6) is -0.0166. The van der Waals surface area contributed by atoms with Crippen LogP contribution in [0.25, 0.3) is 10.9 Å². The number of likely N-dealkylation sites (tertiary alicyclic amines) is 1. The minimum absolute atomic E-state index is 0.185. The van der Waals surface area contributed by atoms with Gasteiger partial charge < -0.3 is 10.0 Å². The van der Waals surface area contributed by atoms with Crippen LogP contribution in [0, 0.1) is 0 Å². The number of nitrogens with one attached hydrogen (secondary N) is 1. The summed E-state index contributed by atoms with van der Waals surface area (Å²) in [5.41, 5.74) is 2.19. The third-order valence-corrected chi connectivity index (χ3v) is 5.87. The van der Waals surface area contributed by atoms with Crippen molar-refractivity contribution in [2.45, 2.75) is 31.6 Å². The maximum atomic E-state index is 12.2. The van der Waals surface area contributed by atoms with Crippen LogP contribution >= 0.6 is 0 Å². The molecule has 4 rings (SSSR count). The van der Waals surface area contributed by atoms with E-state index in [1.165, 1.54) is 10.5 Å². The van der Waals surface area contributed by atoms with Crippen molar-refractivity contribution in [2.24, 2.45) is 7.05 Å². The Morgan fingerprint density at radius 1 is 1.24 bits per heavy atom. The van der Waals surface area contributed by atoms with Crippen molar-refractivity contribution in [1.82, 2.24) is 20.0 Å². The lowest BCUT2D eigenvalue weighted by molar-refractivity contribution is -0.137. The number of anilines is 1. The van der Waals surface area contributed by atoms with Crippen molar-refractivity contribution in [2.75, 3.05) is 31.1 Å². The van der Waals surface area contributed by atoms with Crippen LogP contribution in [0.15, 0.2) is 18.2 Å². The lowest BCUT2D eigenvalue weighted by Crippen LogP contribution is -2.49. The molecule has 29 heavy (non-hydrogen) atoms. The molecular weight excluding hydrogens is 374 g/mol. The number of imide groups is 1. The van der Waals surface area contributed by atoms with Crippen LogP contribution in [0.5, 0.6) is 0 Å². The van der Waals surface area contributed by atoms with E-state index in [1.54, 1.807) is 4.68 Å². The van der Waals surface area contributed by atoms with E-state index in [0.717, 1.165) is 36.8 Å². The van der Waals surface area contributed by atoms with E-state index in [1.807, 2.05) is 13.1 Å². The molecule has 2 N–H and O–H groups in total. The summed E-state index contributed by atoms with van der Waals surface area (Å²) >= 11 is 0. The number of aryl methyl sites for hydroxylation is 1. The Balaban J connectivity index is 1.51. The smallest absolute Gasteiger partial charge is 0.329 e. The van der Waals surface area contributed by atoms with Crippen LogP contribution in [-0.2, 0) is 16.6 Å². The number of benzene rings is 1. The van der Waals surface area contributed by atoms with Crippen LogP contribution in [-0.4, -0.2) is 63.9 Å². The van der Waals surface area contributed by atoms with Crippen molar-refractivity contribution in [3.63, 3.8) is 0 Å². The molecule has 0 bridgehead atoms. The Bertz CT molecular complexity index is 961. The number of amides is 3. The standard InChI is InChI=1S/C20H25N5O4/c1-23-16-12-14(13-4-8-24(9-5-13)10-7-18(27)28)2-3-15(16)19(22-23)25-11-6-17(26)21-20(25)29/h2-3,12-13H,4-11H2,1H3,(H,27,28)(H,21,26,29). The number of rotatable bonds is 5.